The number of anilines is 1. The van der Waals surface area contributed by atoms with Crippen LogP contribution in [0.3, 0.4) is 0 Å². The number of rotatable bonds is 4. The number of esters is 1. The van der Waals surface area contributed by atoms with Gasteiger partial charge in [-0.05, 0) is 50.7 Å². The van der Waals surface area contributed by atoms with E-state index in [2.05, 4.69) is 6.08 Å². The van der Waals surface area contributed by atoms with E-state index in [0.717, 1.165) is 36.1 Å². The zero-order chi connectivity index (χ0) is 26.3. The number of aliphatic hydroxyl groups excluding tert-OH is 1. The quantitative estimate of drug-likeness (QED) is 0.479. The average Bonchev–Trinajstić information content (AvgIpc) is 3.26. The standard InChI is InChI=1S/C29H36N2O5S/c1-4-20(17-32)31-25-27(34)30(24-18(2)11-9-12-19(24)3)15-10-14-29(25)23(26(31)33)22-21(37-29)13-7-5-6-8-16-36-28(22)35/h7,9-14,20-23,25,32H,4-6,8,15-17H2,1-3H3/b13-7-/t20-,21-,22+,23-,25?,29-/m0/s1. The third kappa shape index (κ3) is 4.13. The molecule has 0 radical (unpaired) electrons. The van der Waals surface area contributed by atoms with E-state index in [4.69, 9.17) is 4.74 Å². The van der Waals surface area contributed by atoms with Crippen molar-refractivity contribution in [2.75, 3.05) is 24.7 Å². The number of amides is 2. The number of thioether (sulfide) groups is 1. The number of hydrogen-bond acceptors (Lipinski definition) is 6. The van der Waals surface area contributed by atoms with Gasteiger partial charge in [-0.3, -0.25) is 14.4 Å². The largest absolute Gasteiger partial charge is 0.465 e. The van der Waals surface area contributed by atoms with E-state index in [0.29, 0.717) is 19.6 Å². The molecule has 1 spiro atoms. The van der Waals surface area contributed by atoms with Crippen molar-refractivity contribution in [3.8, 4) is 0 Å². The van der Waals surface area contributed by atoms with Crippen LogP contribution in [0.25, 0.3) is 0 Å². The summed E-state index contributed by atoms with van der Waals surface area (Å²) in [5.74, 6) is -2.19. The van der Waals surface area contributed by atoms with Crippen LogP contribution in [0.2, 0.25) is 0 Å². The van der Waals surface area contributed by atoms with Crippen LogP contribution in [0.5, 0.6) is 0 Å². The first-order valence-electron chi connectivity index (χ1n) is 13.3. The molecule has 0 bridgehead atoms. The van der Waals surface area contributed by atoms with E-state index < -0.39 is 28.7 Å². The first-order valence-corrected chi connectivity index (χ1v) is 14.2. The van der Waals surface area contributed by atoms with Gasteiger partial charge in [-0.25, -0.2) is 0 Å². The molecule has 198 valence electrons. The summed E-state index contributed by atoms with van der Waals surface area (Å²) >= 11 is 1.54. The van der Waals surface area contributed by atoms with Crippen LogP contribution in [0.4, 0.5) is 5.69 Å². The molecule has 2 saturated heterocycles. The second-order valence-corrected chi connectivity index (χ2v) is 12.0. The lowest BCUT2D eigenvalue weighted by molar-refractivity contribution is -0.153. The molecule has 4 heterocycles. The molecule has 37 heavy (non-hydrogen) atoms. The molecular weight excluding hydrogens is 488 g/mol. The van der Waals surface area contributed by atoms with Crippen molar-refractivity contribution in [3.05, 3.63) is 53.6 Å². The number of hydrogen-bond donors (Lipinski definition) is 1. The van der Waals surface area contributed by atoms with Crippen LogP contribution < -0.4 is 4.90 Å². The fourth-order valence-electron chi connectivity index (χ4n) is 6.60. The van der Waals surface area contributed by atoms with Crippen molar-refractivity contribution >= 4 is 35.2 Å². The lowest BCUT2D eigenvalue weighted by Crippen LogP contribution is -2.56. The van der Waals surface area contributed by atoms with E-state index in [9.17, 15) is 19.5 Å². The maximum Gasteiger partial charge on any atom is 0.311 e. The number of carbonyl (C=O) groups excluding carboxylic acids is 3. The van der Waals surface area contributed by atoms with Crippen molar-refractivity contribution in [1.29, 1.82) is 0 Å². The monoisotopic (exact) mass is 524 g/mol. The summed E-state index contributed by atoms with van der Waals surface area (Å²) in [6, 6.07) is 4.60. The van der Waals surface area contributed by atoms with Crippen LogP contribution in [-0.4, -0.2) is 69.6 Å². The highest BCUT2D eigenvalue weighted by Crippen LogP contribution is 2.61. The molecule has 0 aliphatic carbocycles. The number of aryl methyl sites for hydroxylation is 2. The molecule has 1 N–H and O–H groups in total. The number of cyclic esters (lactones) is 1. The van der Waals surface area contributed by atoms with Gasteiger partial charge in [0.15, 0.2) is 0 Å². The van der Waals surface area contributed by atoms with Crippen LogP contribution in [0.1, 0.15) is 43.7 Å². The number of fused-ring (bicyclic) bond motifs is 2. The Kier molecular flexibility index (Phi) is 7.24. The smallest absolute Gasteiger partial charge is 0.311 e. The molecule has 1 aromatic rings. The van der Waals surface area contributed by atoms with Crippen LogP contribution in [-0.2, 0) is 19.1 Å². The molecule has 2 fully saturated rings. The van der Waals surface area contributed by atoms with Gasteiger partial charge in [0.1, 0.15) is 6.04 Å². The van der Waals surface area contributed by atoms with Gasteiger partial charge < -0.3 is 19.6 Å². The molecule has 0 aromatic heterocycles. The lowest BCUT2D eigenvalue weighted by atomic mass is 9.78. The molecule has 4 aliphatic heterocycles. The maximum absolute atomic E-state index is 14.6. The van der Waals surface area contributed by atoms with Crippen LogP contribution in [0, 0.1) is 25.7 Å². The van der Waals surface area contributed by atoms with Crippen molar-refractivity contribution in [2.24, 2.45) is 11.8 Å². The number of likely N-dealkylation sites (tertiary alicyclic amines) is 1. The Morgan fingerprint density at radius 3 is 2.59 bits per heavy atom. The fourth-order valence-corrected chi connectivity index (χ4v) is 8.58. The fraction of sp³-hybridized carbons (Fsp3) is 0.552. The lowest BCUT2D eigenvalue weighted by Gasteiger charge is -2.38. The van der Waals surface area contributed by atoms with Gasteiger partial charge in [0.25, 0.3) is 5.91 Å². The average molecular weight is 525 g/mol. The Bertz CT molecular complexity index is 1120. The second-order valence-electron chi connectivity index (χ2n) is 10.5. The van der Waals surface area contributed by atoms with Gasteiger partial charge in [-0.2, -0.15) is 0 Å². The highest BCUT2D eigenvalue weighted by molar-refractivity contribution is 8.02. The summed E-state index contributed by atoms with van der Waals surface area (Å²) in [4.78, 5) is 45.6. The second kappa shape index (κ2) is 10.3. The predicted molar refractivity (Wildman–Crippen MR) is 144 cm³/mol. The number of allylic oxidation sites excluding steroid dienone is 1. The summed E-state index contributed by atoms with van der Waals surface area (Å²) in [5, 5.41) is 10.0. The molecule has 1 unspecified atom stereocenters. The minimum atomic E-state index is -0.922. The van der Waals surface area contributed by atoms with Crippen molar-refractivity contribution in [2.45, 2.75) is 68.5 Å². The molecule has 4 aliphatic rings. The zero-order valence-electron chi connectivity index (χ0n) is 21.8. The van der Waals surface area contributed by atoms with Crippen molar-refractivity contribution < 1.29 is 24.2 Å². The highest BCUT2D eigenvalue weighted by Gasteiger charge is 2.71. The summed E-state index contributed by atoms with van der Waals surface area (Å²) in [5.41, 5.74) is 2.82. The molecule has 7 nitrogen and oxygen atoms in total. The van der Waals surface area contributed by atoms with E-state index in [1.807, 2.05) is 57.2 Å². The summed E-state index contributed by atoms with van der Waals surface area (Å²) in [6.07, 6.45) is 11.2. The van der Waals surface area contributed by atoms with E-state index in [1.165, 1.54) is 0 Å². The number of carbonyl (C=O) groups is 3. The van der Waals surface area contributed by atoms with Crippen LogP contribution >= 0.6 is 11.8 Å². The molecule has 6 atom stereocenters. The van der Waals surface area contributed by atoms with Crippen LogP contribution in [0.15, 0.2) is 42.5 Å². The van der Waals surface area contributed by atoms with E-state index >= 15 is 0 Å². The molecule has 5 rings (SSSR count). The number of ether oxygens (including phenoxy) is 1. The molecule has 2 amide bonds. The van der Waals surface area contributed by atoms with E-state index in [-0.39, 0.29) is 29.6 Å². The normalized spacial score (nSPS) is 33.4. The first kappa shape index (κ1) is 26.0. The van der Waals surface area contributed by atoms with Gasteiger partial charge in [0.05, 0.1) is 35.8 Å². The van der Waals surface area contributed by atoms with Gasteiger partial charge >= 0.3 is 5.97 Å². The zero-order valence-corrected chi connectivity index (χ0v) is 22.6. The van der Waals surface area contributed by atoms with Crippen molar-refractivity contribution in [3.63, 3.8) is 0 Å². The highest BCUT2D eigenvalue weighted by atomic mass is 32.2. The molecule has 8 heteroatoms. The Labute approximate surface area is 222 Å². The first-order chi connectivity index (χ1) is 17.9. The van der Waals surface area contributed by atoms with Gasteiger partial charge in [0, 0.05) is 17.5 Å². The van der Waals surface area contributed by atoms with Gasteiger partial charge in [0.2, 0.25) is 5.91 Å². The Hall–Kier alpha value is -2.58. The topological polar surface area (TPSA) is 87.2 Å². The Balaban J connectivity index is 1.66. The minimum Gasteiger partial charge on any atom is -0.465 e. The Morgan fingerprint density at radius 2 is 1.89 bits per heavy atom. The summed E-state index contributed by atoms with van der Waals surface area (Å²) in [6.45, 7) is 6.36. The minimum absolute atomic E-state index is 0.168. The summed E-state index contributed by atoms with van der Waals surface area (Å²) < 4.78 is 4.75. The molecule has 1 aromatic carbocycles. The van der Waals surface area contributed by atoms with E-state index in [1.54, 1.807) is 21.6 Å². The molecule has 0 saturated carbocycles. The van der Waals surface area contributed by atoms with Gasteiger partial charge in [-0.1, -0.05) is 49.4 Å². The maximum atomic E-state index is 14.6. The predicted octanol–water partition coefficient (Wildman–Crippen LogP) is 3.56. The number of nitrogens with zero attached hydrogens (tertiary/aromatic N) is 2. The number of para-hydroxylation sites is 1. The SMILES string of the molecule is CC[C@@H](CO)N1C(=O)[C@@H]2[C@@H]3C(=O)OCCCC/C=C\[C@@H]3S[C@@]23C=CCN(c2c(C)cccc2C)C(=O)C13. The third-order valence-electron chi connectivity index (χ3n) is 8.32. The van der Waals surface area contributed by atoms with Gasteiger partial charge in [-0.15, -0.1) is 11.8 Å². The number of benzene rings is 1. The summed E-state index contributed by atoms with van der Waals surface area (Å²) in [7, 11) is 0. The van der Waals surface area contributed by atoms with Crippen molar-refractivity contribution in [1.82, 2.24) is 4.90 Å². The third-order valence-corrected chi connectivity index (χ3v) is 10.1. The Morgan fingerprint density at radius 1 is 1.14 bits per heavy atom. The number of aliphatic hydroxyl groups is 1. The molecular formula is C29H36N2O5S.